The van der Waals surface area contributed by atoms with Gasteiger partial charge in [-0.15, -0.1) is 0 Å². The van der Waals surface area contributed by atoms with Crippen LogP contribution in [0.3, 0.4) is 0 Å². The van der Waals surface area contributed by atoms with E-state index in [0.717, 1.165) is 0 Å². The number of ether oxygens (including phenoxy) is 2. The molecule has 170 valence electrons. The minimum absolute atomic E-state index is 0.0775. The molecular weight excluding hydrogens is 489 g/mol. The highest BCUT2D eigenvalue weighted by Gasteiger charge is 2.15. The summed E-state index contributed by atoms with van der Waals surface area (Å²) in [6.45, 7) is 0.0775. The summed E-state index contributed by atoms with van der Waals surface area (Å²) in [4.78, 5) is 24.1. The molecule has 0 aromatic heterocycles. The second-order valence-electron chi connectivity index (χ2n) is 6.53. The van der Waals surface area contributed by atoms with E-state index in [9.17, 15) is 9.59 Å². The summed E-state index contributed by atoms with van der Waals surface area (Å²) in [6.07, 6.45) is 1.33. The lowest BCUT2D eigenvalue weighted by Crippen LogP contribution is -2.32. The van der Waals surface area contributed by atoms with E-state index < -0.39 is 11.8 Å². The van der Waals surface area contributed by atoms with Crippen molar-refractivity contribution in [1.82, 2.24) is 5.43 Å². The Kier molecular flexibility index (Phi) is 8.54. The van der Waals surface area contributed by atoms with Gasteiger partial charge in [0.05, 0.1) is 13.3 Å². The smallest absolute Gasteiger partial charge is 0.329 e. The summed E-state index contributed by atoms with van der Waals surface area (Å²) in [5.41, 5.74) is 3.66. The molecule has 0 heterocycles. The van der Waals surface area contributed by atoms with Crippen LogP contribution in [-0.2, 0) is 16.2 Å². The zero-order valence-electron chi connectivity index (χ0n) is 17.3. The van der Waals surface area contributed by atoms with Crippen molar-refractivity contribution in [2.24, 2.45) is 5.10 Å². The van der Waals surface area contributed by atoms with Crippen molar-refractivity contribution < 1.29 is 19.1 Å². The molecule has 0 aliphatic carbocycles. The molecule has 3 aromatic rings. The van der Waals surface area contributed by atoms with Crippen molar-refractivity contribution in [2.75, 3.05) is 12.4 Å². The Bertz CT molecular complexity index is 1180. The van der Waals surface area contributed by atoms with Crippen LogP contribution in [-0.4, -0.2) is 25.1 Å². The van der Waals surface area contributed by atoms with Crippen LogP contribution in [0.25, 0.3) is 0 Å². The number of carbonyl (C=O) groups is 2. The molecule has 0 aliphatic rings. The van der Waals surface area contributed by atoms with Gasteiger partial charge in [0.1, 0.15) is 6.61 Å². The maximum atomic E-state index is 12.1. The zero-order valence-corrected chi connectivity index (χ0v) is 19.5. The number of hydrogen-bond acceptors (Lipinski definition) is 5. The van der Waals surface area contributed by atoms with Gasteiger partial charge in [0, 0.05) is 31.9 Å². The molecule has 33 heavy (non-hydrogen) atoms. The number of methoxy groups -OCH3 is 1. The van der Waals surface area contributed by atoms with Crippen molar-refractivity contribution in [3.05, 3.63) is 86.9 Å². The van der Waals surface area contributed by atoms with Gasteiger partial charge in [-0.05, 0) is 42.5 Å². The summed E-state index contributed by atoms with van der Waals surface area (Å²) < 4.78 is 11.3. The Morgan fingerprint density at radius 2 is 1.67 bits per heavy atom. The number of hydrazone groups is 1. The van der Waals surface area contributed by atoms with Crippen molar-refractivity contribution in [2.45, 2.75) is 6.61 Å². The van der Waals surface area contributed by atoms with Crippen LogP contribution in [0.5, 0.6) is 11.5 Å². The number of carbonyl (C=O) groups excluding carboxylic acids is 2. The zero-order chi connectivity index (χ0) is 23.8. The minimum Gasteiger partial charge on any atom is -0.493 e. The van der Waals surface area contributed by atoms with Crippen molar-refractivity contribution in [1.29, 1.82) is 0 Å². The first-order valence-electron chi connectivity index (χ1n) is 9.51. The number of amides is 2. The molecule has 0 aliphatic heterocycles. The van der Waals surface area contributed by atoms with E-state index >= 15 is 0 Å². The third-order valence-electron chi connectivity index (χ3n) is 4.31. The molecule has 0 radical (unpaired) electrons. The van der Waals surface area contributed by atoms with Crippen LogP contribution < -0.4 is 20.2 Å². The second kappa shape index (κ2) is 11.6. The molecular formula is C23H18Cl3N3O4. The molecule has 2 amide bonds. The van der Waals surface area contributed by atoms with E-state index in [1.165, 1.54) is 19.4 Å². The van der Waals surface area contributed by atoms with E-state index in [1.54, 1.807) is 54.6 Å². The average Bonchev–Trinajstić information content (AvgIpc) is 2.79. The van der Waals surface area contributed by atoms with Crippen molar-refractivity contribution in [3.63, 3.8) is 0 Å². The van der Waals surface area contributed by atoms with Gasteiger partial charge >= 0.3 is 11.8 Å². The average molecular weight is 507 g/mol. The molecule has 0 saturated carbocycles. The first-order valence-corrected chi connectivity index (χ1v) is 10.6. The van der Waals surface area contributed by atoms with Gasteiger partial charge in [0.15, 0.2) is 11.5 Å². The Hall–Kier alpha value is -3.26. The van der Waals surface area contributed by atoms with Crippen LogP contribution in [0.15, 0.2) is 65.8 Å². The minimum atomic E-state index is -0.959. The lowest BCUT2D eigenvalue weighted by molar-refractivity contribution is -0.136. The van der Waals surface area contributed by atoms with Crippen LogP contribution >= 0.6 is 34.8 Å². The third-order valence-corrected chi connectivity index (χ3v) is 5.25. The number of para-hydroxylation sites is 1. The Morgan fingerprint density at radius 3 is 2.36 bits per heavy atom. The second-order valence-corrected chi connectivity index (χ2v) is 7.78. The first-order chi connectivity index (χ1) is 15.9. The molecule has 0 unspecified atom stereocenters. The van der Waals surface area contributed by atoms with Crippen LogP contribution in [0.2, 0.25) is 15.1 Å². The summed E-state index contributed by atoms with van der Waals surface area (Å²) in [6, 6.07) is 16.7. The summed E-state index contributed by atoms with van der Waals surface area (Å²) in [5, 5.41) is 7.63. The monoisotopic (exact) mass is 505 g/mol. The molecule has 0 saturated heterocycles. The summed E-state index contributed by atoms with van der Waals surface area (Å²) in [7, 11) is 1.49. The predicted molar refractivity (Wildman–Crippen MR) is 130 cm³/mol. The highest BCUT2D eigenvalue weighted by Crippen LogP contribution is 2.33. The normalized spacial score (nSPS) is 10.7. The quantitative estimate of drug-likeness (QED) is 0.258. The van der Waals surface area contributed by atoms with Gasteiger partial charge in [-0.2, -0.15) is 5.10 Å². The van der Waals surface area contributed by atoms with E-state index in [0.29, 0.717) is 43.4 Å². The van der Waals surface area contributed by atoms with Gasteiger partial charge in [0.25, 0.3) is 0 Å². The molecule has 2 N–H and O–H groups in total. The molecule has 3 aromatic carbocycles. The number of nitrogens with zero attached hydrogens (tertiary/aromatic N) is 1. The Labute approximate surface area is 205 Å². The van der Waals surface area contributed by atoms with Gasteiger partial charge < -0.3 is 14.8 Å². The Morgan fingerprint density at radius 1 is 0.970 bits per heavy atom. The maximum Gasteiger partial charge on any atom is 0.329 e. The number of benzene rings is 3. The molecule has 0 fully saturated rings. The van der Waals surface area contributed by atoms with E-state index in [2.05, 4.69) is 15.8 Å². The lowest BCUT2D eigenvalue weighted by atomic mass is 10.2. The fraction of sp³-hybridized carbons (Fsp3) is 0.0870. The number of nitrogens with one attached hydrogen (secondary N) is 2. The van der Waals surface area contributed by atoms with Gasteiger partial charge in [-0.1, -0.05) is 53.0 Å². The topological polar surface area (TPSA) is 89.0 Å². The highest BCUT2D eigenvalue weighted by atomic mass is 35.5. The molecule has 7 nitrogen and oxygen atoms in total. The van der Waals surface area contributed by atoms with Gasteiger partial charge in [-0.25, -0.2) is 5.43 Å². The van der Waals surface area contributed by atoms with E-state index in [-0.39, 0.29) is 6.61 Å². The number of rotatable bonds is 7. The lowest BCUT2D eigenvalue weighted by Gasteiger charge is -2.14. The first kappa shape index (κ1) is 24.4. The van der Waals surface area contributed by atoms with Gasteiger partial charge in [0.2, 0.25) is 0 Å². The third kappa shape index (κ3) is 6.61. The number of halogens is 3. The molecule has 3 rings (SSSR count). The van der Waals surface area contributed by atoms with Crippen LogP contribution in [0.4, 0.5) is 5.69 Å². The molecule has 0 spiro atoms. The predicted octanol–water partition coefficient (Wildman–Crippen LogP) is 5.32. The van der Waals surface area contributed by atoms with E-state index in [4.69, 9.17) is 44.3 Å². The van der Waals surface area contributed by atoms with Gasteiger partial charge in [-0.3, -0.25) is 9.59 Å². The largest absolute Gasteiger partial charge is 0.493 e. The van der Waals surface area contributed by atoms with Crippen molar-refractivity contribution in [3.8, 4) is 11.5 Å². The molecule has 0 bridgehead atoms. The molecule has 0 atom stereocenters. The SMILES string of the molecule is COc1cccc(/C=N\NC(=O)C(=O)Nc2cccc(Cl)c2)c1OCc1c(Cl)cccc1Cl. The number of anilines is 1. The fourth-order valence-corrected chi connectivity index (χ4v) is 3.43. The van der Waals surface area contributed by atoms with E-state index in [1.807, 2.05) is 0 Å². The highest BCUT2D eigenvalue weighted by molar-refractivity contribution is 6.40. The van der Waals surface area contributed by atoms with Crippen LogP contribution in [0, 0.1) is 0 Å². The standard InChI is InChI=1S/C23H18Cl3N3O4/c1-32-20-10-2-5-14(21(20)33-13-17-18(25)8-4-9-19(17)26)12-27-29-23(31)22(30)28-16-7-3-6-15(24)11-16/h2-12H,13H2,1H3,(H,28,30)(H,29,31)/b27-12-. The Balaban J connectivity index is 1.70. The summed E-state index contributed by atoms with van der Waals surface area (Å²) in [5.74, 6) is -1.06. The fourth-order valence-electron chi connectivity index (χ4n) is 2.73. The molecule has 10 heteroatoms. The summed E-state index contributed by atoms with van der Waals surface area (Å²) >= 11 is 18.3. The maximum absolute atomic E-state index is 12.1. The number of hydrogen-bond donors (Lipinski definition) is 2. The van der Waals surface area contributed by atoms with Crippen LogP contribution in [0.1, 0.15) is 11.1 Å². The van der Waals surface area contributed by atoms with Crippen molar-refractivity contribution >= 4 is 58.5 Å².